The van der Waals surface area contributed by atoms with E-state index in [1.54, 1.807) is 12.5 Å². The van der Waals surface area contributed by atoms with Crippen molar-refractivity contribution in [3.63, 3.8) is 0 Å². The van der Waals surface area contributed by atoms with Gasteiger partial charge in [0.2, 0.25) is 0 Å². The smallest absolute Gasteiger partial charge is 0.154 e. The normalized spacial score (nSPS) is 12.7. The molecule has 3 aromatic rings. The molecule has 0 unspecified atom stereocenters. The summed E-state index contributed by atoms with van der Waals surface area (Å²) < 4.78 is 0. The van der Waals surface area contributed by atoms with Crippen molar-refractivity contribution in [3.05, 3.63) is 89.0 Å². The Bertz CT molecular complexity index is 904. The SMILES string of the molecule is CC(C)(C)c1ccc(CCc2ccc(CC(=O)[C@@H](N)Cc3cnc[nH]3)cc2)cc1. The lowest BCUT2D eigenvalue weighted by Crippen LogP contribution is -2.34. The quantitative estimate of drug-likeness (QED) is 0.607. The van der Waals surface area contributed by atoms with Gasteiger partial charge >= 0.3 is 0 Å². The number of imidazole rings is 1. The Labute approximate surface area is 173 Å². The van der Waals surface area contributed by atoms with Crippen molar-refractivity contribution >= 4 is 5.78 Å². The topological polar surface area (TPSA) is 71.8 Å². The van der Waals surface area contributed by atoms with Gasteiger partial charge in [0.25, 0.3) is 0 Å². The molecule has 4 nitrogen and oxygen atoms in total. The number of H-pyrrole nitrogens is 1. The summed E-state index contributed by atoms with van der Waals surface area (Å²) in [6, 6.07) is 16.7. The molecule has 0 aliphatic rings. The lowest BCUT2D eigenvalue weighted by atomic mass is 9.86. The highest BCUT2D eigenvalue weighted by atomic mass is 16.1. The monoisotopic (exact) mass is 389 g/mol. The molecule has 0 bridgehead atoms. The van der Waals surface area contributed by atoms with Gasteiger partial charge in [-0.25, -0.2) is 4.98 Å². The minimum atomic E-state index is -0.508. The molecule has 1 heterocycles. The van der Waals surface area contributed by atoms with Crippen molar-refractivity contribution in [1.82, 2.24) is 9.97 Å². The van der Waals surface area contributed by atoms with Crippen molar-refractivity contribution in [3.8, 4) is 0 Å². The molecule has 0 fully saturated rings. The zero-order valence-electron chi connectivity index (χ0n) is 17.6. The minimum absolute atomic E-state index is 0.0475. The van der Waals surface area contributed by atoms with Gasteiger partial charge in [0, 0.05) is 24.7 Å². The van der Waals surface area contributed by atoms with Crippen molar-refractivity contribution < 1.29 is 4.79 Å². The van der Waals surface area contributed by atoms with E-state index in [2.05, 4.69) is 67.1 Å². The number of carbonyl (C=O) groups is 1. The molecule has 152 valence electrons. The number of hydrogen-bond donors (Lipinski definition) is 2. The van der Waals surface area contributed by atoms with Crippen molar-refractivity contribution in [2.45, 2.75) is 57.9 Å². The number of nitrogens with zero attached hydrogens (tertiary/aromatic N) is 1. The summed E-state index contributed by atoms with van der Waals surface area (Å²) in [5.74, 6) is 0.0475. The Balaban J connectivity index is 1.50. The van der Waals surface area contributed by atoms with Gasteiger partial charge in [-0.05, 0) is 40.5 Å². The molecule has 2 aromatic carbocycles. The largest absolute Gasteiger partial charge is 0.348 e. The first-order chi connectivity index (χ1) is 13.8. The van der Waals surface area contributed by atoms with Crippen LogP contribution in [0.4, 0.5) is 0 Å². The van der Waals surface area contributed by atoms with E-state index in [1.807, 2.05) is 12.1 Å². The van der Waals surface area contributed by atoms with Crippen LogP contribution in [0, 0.1) is 0 Å². The molecule has 0 radical (unpaired) electrons. The van der Waals surface area contributed by atoms with Gasteiger partial charge in [-0.3, -0.25) is 4.79 Å². The van der Waals surface area contributed by atoms with Crippen LogP contribution < -0.4 is 5.73 Å². The van der Waals surface area contributed by atoms with E-state index in [9.17, 15) is 4.79 Å². The third-order valence-electron chi connectivity index (χ3n) is 5.33. The second-order valence-corrected chi connectivity index (χ2v) is 8.79. The Kier molecular flexibility index (Phi) is 6.65. The number of nitrogens with two attached hydrogens (primary N) is 1. The fourth-order valence-corrected chi connectivity index (χ4v) is 3.36. The van der Waals surface area contributed by atoms with E-state index in [4.69, 9.17) is 5.73 Å². The average Bonchev–Trinajstić information content (AvgIpc) is 3.20. The zero-order chi connectivity index (χ0) is 20.9. The maximum absolute atomic E-state index is 12.4. The highest BCUT2D eigenvalue weighted by molar-refractivity contribution is 5.86. The van der Waals surface area contributed by atoms with Crippen LogP contribution in [0.25, 0.3) is 0 Å². The number of carbonyl (C=O) groups excluding carboxylic acids is 1. The molecule has 1 atom stereocenters. The highest BCUT2D eigenvalue weighted by Crippen LogP contribution is 2.22. The van der Waals surface area contributed by atoms with E-state index in [0.717, 1.165) is 24.1 Å². The number of Topliss-reactive ketones (excluding diaryl/α,β-unsaturated/α-hetero) is 1. The van der Waals surface area contributed by atoms with Crippen molar-refractivity contribution in [2.75, 3.05) is 0 Å². The third-order valence-corrected chi connectivity index (χ3v) is 5.33. The summed E-state index contributed by atoms with van der Waals surface area (Å²) >= 11 is 0. The molecule has 3 rings (SSSR count). The van der Waals surface area contributed by atoms with E-state index in [1.165, 1.54) is 16.7 Å². The van der Waals surface area contributed by atoms with Crippen LogP contribution in [0.5, 0.6) is 0 Å². The van der Waals surface area contributed by atoms with Crippen LogP contribution in [0.3, 0.4) is 0 Å². The van der Waals surface area contributed by atoms with Gasteiger partial charge in [0.05, 0.1) is 12.4 Å². The summed E-state index contributed by atoms with van der Waals surface area (Å²) in [5.41, 5.74) is 12.1. The number of ketones is 1. The number of nitrogens with one attached hydrogen (secondary N) is 1. The van der Waals surface area contributed by atoms with Gasteiger partial charge in [-0.2, -0.15) is 0 Å². The second kappa shape index (κ2) is 9.19. The molecule has 0 spiro atoms. The molecule has 29 heavy (non-hydrogen) atoms. The Morgan fingerprint density at radius 3 is 2.03 bits per heavy atom. The fraction of sp³-hybridized carbons (Fsp3) is 0.360. The Morgan fingerprint density at radius 1 is 0.966 bits per heavy atom. The maximum Gasteiger partial charge on any atom is 0.154 e. The van der Waals surface area contributed by atoms with Gasteiger partial charge < -0.3 is 10.7 Å². The summed E-state index contributed by atoms with van der Waals surface area (Å²) in [6.45, 7) is 6.70. The lowest BCUT2D eigenvalue weighted by Gasteiger charge is -2.19. The molecule has 0 amide bonds. The molecule has 0 aliphatic carbocycles. The fourth-order valence-electron chi connectivity index (χ4n) is 3.36. The van der Waals surface area contributed by atoms with Crippen LogP contribution in [0.15, 0.2) is 61.1 Å². The highest BCUT2D eigenvalue weighted by Gasteiger charge is 2.15. The molecular weight excluding hydrogens is 358 g/mol. The van der Waals surface area contributed by atoms with Crippen LogP contribution in [-0.2, 0) is 35.9 Å². The molecule has 0 saturated heterocycles. The summed E-state index contributed by atoms with van der Waals surface area (Å²) in [7, 11) is 0. The number of rotatable bonds is 8. The molecule has 4 heteroatoms. The number of hydrogen-bond acceptors (Lipinski definition) is 3. The van der Waals surface area contributed by atoms with Crippen molar-refractivity contribution in [2.24, 2.45) is 5.73 Å². The summed E-state index contributed by atoms with van der Waals surface area (Å²) in [6.07, 6.45) is 6.16. The minimum Gasteiger partial charge on any atom is -0.348 e. The standard InChI is InChI=1S/C25H31N3O/c1-25(2,3)21-12-10-19(11-13-21)5-4-18-6-8-20(9-7-18)14-24(29)23(26)15-22-16-27-17-28-22/h6-13,16-17,23H,4-5,14-15,26H2,1-3H3,(H,27,28)/t23-/m0/s1. The van der Waals surface area contributed by atoms with E-state index in [-0.39, 0.29) is 11.2 Å². The number of aromatic amines is 1. The molecule has 0 saturated carbocycles. The molecule has 0 aliphatic heterocycles. The first-order valence-electron chi connectivity index (χ1n) is 10.2. The first kappa shape index (κ1) is 21.0. The lowest BCUT2D eigenvalue weighted by molar-refractivity contribution is -0.119. The van der Waals surface area contributed by atoms with E-state index < -0.39 is 6.04 Å². The number of aromatic nitrogens is 2. The summed E-state index contributed by atoms with van der Waals surface area (Å²) in [5, 5.41) is 0. The Hall–Kier alpha value is -2.72. The van der Waals surface area contributed by atoms with E-state index in [0.29, 0.717) is 12.8 Å². The third kappa shape index (κ3) is 6.13. The second-order valence-electron chi connectivity index (χ2n) is 8.79. The van der Waals surface area contributed by atoms with Gasteiger partial charge in [0.15, 0.2) is 5.78 Å². The number of benzene rings is 2. The van der Waals surface area contributed by atoms with Gasteiger partial charge in [-0.1, -0.05) is 69.3 Å². The van der Waals surface area contributed by atoms with Gasteiger partial charge in [-0.15, -0.1) is 0 Å². The van der Waals surface area contributed by atoms with Crippen LogP contribution in [-0.4, -0.2) is 21.8 Å². The van der Waals surface area contributed by atoms with Crippen LogP contribution in [0.2, 0.25) is 0 Å². The van der Waals surface area contributed by atoms with Crippen LogP contribution >= 0.6 is 0 Å². The molecule has 3 N–H and O–H groups in total. The Morgan fingerprint density at radius 2 is 1.52 bits per heavy atom. The molecule has 1 aromatic heterocycles. The van der Waals surface area contributed by atoms with Crippen molar-refractivity contribution in [1.29, 1.82) is 0 Å². The predicted octanol–water partition coefficient (Wildman–Crippen LogP) is 4.17. The predicted molar refractivity (Wildman–Crippen MR) is 118 cm³/mol. The summed E-state index contributed by atoms with van der Waals surface area (Å²) in [4.78, 5) is 19.3. The zero-order valence-corrected chi connectivity index (χ0v) is 17.6. The molecular formula is C25H31N3O. The first-order valence-corrected chi connectivity index (χ1v) is 10.2. The average molecular weight is 390 g/mol. The van der Waals surface area contributed by atoms with Crippen LogP contribution in [0.1, 0.15) is 48.7 Å². The number of aryl methyl sites for hydroxylation is 2. The van der Waals surface area contributed by atoms with Gasteiger partial charge in [0.1, 0.15) is 0 Å². The van der Waals surface area contributed by atoms with E-state index >= 15 is 0 Å². The maximum atomic E-state index is 12.4.